The van der Waals surface area contributed by atoms with E-state index in [-0.39, 0.29) is 41.4 Å². The number of allylic oxidation sites excluding steroid dienone is 3. The molecule has 4 aliphatic carbocycles. The number of fused-ring (bicyclic) bond motifs is 3. The molecule has 0 heterocycles. The Kier molecular flexibility index (Phi) is 5.81. The van der Waals surface area contributed by atoms with Gasteiger partial charge >= 0.3 is 11.9 Å². The molecule has 0 aromatic heterocycles. The van der Waals surface area contributed by atoms with Gasteiger partial charge in [0.05, 0.1) is 0 Å². The van der Waals surface area contributed by atoms with Crippen molar-refractivity contribution < 1.29 is 23.9 Å². The smallest absolute Gasteiger partial charge is 0.330 e. The Labute approximate surface area is 180 Å². The van der Waals surface area contributed by atoms with Crippen molar-refractivity contribution >= 4 is 17.7 Å². The highest BCUT2D eigenvalue weighted by molar-refractivity contribution is 5.97. The predicted molar refractivity (Wildman–Crippen MR) is 114 cm³/mol. The van der Waals surface area contributed by atoms with E-state index in [0.717, 1.165) is 11.1 Å². The number of hydrogen-bond donors (Lipinski definition) is 0. The molecule has 6 atom stereocenters. The fraction of sp³-hybridized carbons (Fsp3) is 0.720. The highest BCUT2D eigenvalue weighted by atomic mass is 16.6. The molecule has 4 rings (SSSR count). The summed E-state index contributed by atoms with van der Waals surface area (Å²) in [4.78, 5) is 38.2. The van der Waals surface area contributed by atoms with Crippen molar-refractivity contribution in [1.82, 2.24) is 0 Å². The van der Waals surface area contributed by atoms with E-state index in [1.807, 2.05) is 34.6 Å². The molecule has 0 radical (unpaired) electrons. The number of hydrogen-bond acceptors (Lipinski definition) is 5. The van der Waals surface area contributed by atoms with Crippen LogP contribution in [0, 0.1) is 34.5 Å². The van der Waals surface area contributed by atoms with Gasteiger partial charge in [-0.05, 0) is 44.6 Å². The lowest BCUT2D eigenvalue weighted by molar-refractivity contribution is -0.204. The zero-order valence-electron chi connectivity index (χ0n) is 19.6. The molecule has 0 aromatic rings. The Hall–Kier alpha value is -1.91. The van der Waals surface area contributed by atoms with E-state index in [2.05, 4.69) is 20.8 Å². The van der Waals surface area contributed by atoms with Gasteiger partial charge in [0.15, 0.2) is 5.78 Å². The second-order valence-electron chi connectivity index (χ2n) is 10.9. The highest BCUT2D eigenvalue weighted by Crippen LogP contribution is 2.72. The number of carbonyl (C=O) groups excluding carboxylic acids is 3. The predicted octanol–water partition coefficient (Wildman–Crippen LogP) is 4.65. The van der Waals surface area contributed by atoms with Crippen molar-refractivity contribution in [3.8, 4) is 0 Å². The Balaban J connectivity index is 2.01. The van der Waals surface area contributed by atoms with E-state index >= 15 is 0 Å². The maximum absolute atomic E-state index is 13.1. The minimum Gasteiger partial charge on any atom is -0.462 e. The zero-order valence-corrected chi connectivity index (χ0v) is 19.6. The molecule has 30 heavy (non-hydrogen) atoms. The van der Waals surface area contributed by atoms with Crippen molar-refractivity contribution in [3.05, 3.63) is 23.3 Å². The van der Waals surface area contributed by atoms with Gasteiger partial charge in [0.1, 0.15) is 12.2 Å². The van der Waals surface area contributed by atoms with E-state index in [0.29, 0.717) is 12.8 Å². The third-order valence-corrected chi connectivity index (χ3v) is 7.55. The second-order valence-corrected chi connectivity index (χ2v) is 10.9. The van der Waals surface area contributed by atoms with Crippen LogP contribution in [0.2, 0.25) is 0 Å². The van der Waals surface area contributed by atoms with Gasteiger partial charge in [-0.2, -0.15) is 0 Å². The van der Waals surface area contributed by atoms with Gasteiger partial charge in [-0.1, -0.05) is 45.8 Å². The number of ketones is 1. The number of rotatable bonds is 5. The molecule has 3 fully saturated rings. The van der Waals surface area contributed by atoms with Gasteiger partial charge in [-0.25, -0.2) is 4.79 Å². The summed E-state index contributed by atoms with van der Waals surface area (Å²) < 4.78 is 12.0. The highest BCUT2D eigenvalue weighted by Gasteiger charge is 2.74. The van der Waals surface area contributed by atoms with E-state index in [4.69, 9.17) is 9.47 Å². The van der Waals surface area contributed by atoms with Crippen LogP contribution in [0.4, 0.5) is 0 Å². The van der Waals surface area contributed by atoms with Crippen LogP contribution in [-0.2, 0) is 23.9 Å². The molecule has 166 valence electrons. The summed E-state index contributed by atoms with van der Waals surface area (Å²) in [7, 11) is 0. The summed E-state index contributed by atoms with van der Waals surface area (Å²) >= 11 is 0. The third kappa shape index (κ3) is 3.54. The summed E-state index contributed by atoms with van der Waals surface area (Å²) in [5.41, 5.74) is 1.05. The van der Waals surface area contributed by atoms with Gasteiger partial charge in [0, 0.05) is 35.7 Å². The lowest BCUT2D eigenvalue weighted by Crippen LogP contribution is -2.67. The van der Waals surface area contributed by atoms with Crippen LogP contribution in [0.5, 0.6) is 0 Å². The lowest BCUT2D eigenvalue weighted by Gasteiger charge is -2.65. The van der Waals surface area contributed by atoms with Gasteiger partial charge in [0.25, 0.3) is 0 Å². The van der Waals surface area contributed by atoms with Crippen LogP contribution < -0.4 is 0 Å². The van der Waals surface area contributed by atoms with E-state index in [1.165, 1.54) is 6.08 Å². The molecular weight excluding hydrogens is 380 g/mol. The minimum absolute atomic E-state index is 0.0679. The zero-order chi connectivity index (χ0) is 22.6. The molecule has 0 N–H and O–H groups in total. The molecule has 0 spiro atoms. The van der Waals surface area contributed by atoms with Crippen molar-refractivity contribution in [1.29, 1.82) is 0 Å². The summed E-state index contributed by atoms with van der Waals surface area (Å²) in [5, 5.41) is 0. The number of ether oxygens (including phenoxy) is 2. The molecule has 5 nitrogen and oxygen atoms in total. The van der Waals surface area contributed by atoms with Gasteiger partial charge in [0.2, 0.25) is 0 Å². The first-order valence-electron chi connectivity index (χ1n) is 11.1. The third-order valence-electron chi connectivity index (χ3n) is 7.55. The Morgan fingerprint density at radius 3 is 2.30 bits per heavy atom. The van der Waals surface area contributed by atoms with E-state index in [9.17, 15) is 14.4 Å². The quantitative estimate of drug-likeness (QED) is 0.482. The molecular formula is C25H36O5. The summed E-state index contributed by atoms with van der Waals surface area (Å²) in [6, 6.07) is 0. The first-order chi connectivity index (χ1) is 13.8. The van der Waals surface area contributed by atoms with E-state index < -0.39 is 23.0 Å². The Bertz CT molecular complexity index is 813. The minimum atomic E-state index is -0.464. The lowest BCUT2D eigenvalue weighted by atomic mass is 9.37. The second kappa shape index (κ2) is 7.65. The van der Waals surface area contributed by atoms with Crippen molar-refractivity contribution in [2.75, 3.05) is 0 Å². The Morgan fingerprint density at radius 1 is 1.13 bits per heavy atom. The van der Waals surface area contributed by atoms with Crippen molar-refractivity contribution in [2.24, 2.45) is 34.5 Å². The SMILES string of the molecule is CC(C)=CC(=O)O[C@@H]1C[C@@H](OC(=O)CC(C)C)[C@@]2(C)[C@@H]3C(=O)C=C(C)[C@H]2[C@@H]3C1(C)C. The summed E-state index contributed by atoms with van der Waals surface area (Å²) in [6.45, 7) is 15.9. The molecule has 0 amide bonds. The van der Waals surface area contributed by atoms with Crippen LogP contribution in [0.15, 0.2) is 23.3 Å². The van der Waals surface area contributed by atoms with Crippen LogP contribution in [0.3, 0.4) is 0 Å². The van der Waals surface area contributed by atoms with E-state index in [1.54, 1.807) is 6.08 Å². The average molecular weight is 417 g/mol. The van der Waals surface area contributed by atoms with Gasteiger partial charge in [-0.3, -0.25) is 9.59 Å². The fourth-order valence-electron chi connectivity index (χ4n) is 6.25. The fourth-order valence-corrected chi connectivity index (χ4v) is 6.25. The number of esters is 2. The largest absolute Gasteiger partial charge is 0.462 e. The van der Waals surface area contributed by atoms with Gasteiger partial charge < -0.3 is 9.47 Å². The molecule has 0 unspecified atom stereocenters. The van der Waals surface area contributed by atoms with Crippen molar-refractivity contribution in [3.63, 3.8) is 0 Å². The maximum Gasteiger partial charge on any atom is 0.330 e. The topological polar surface area (TPSA) is 69.7 Å². The standard InChI is InChI=1S/C25H36O5/c1-13(2)9-19(27)29-17-12-18(30-20(28)10-14(3)4)25(8)21-15(5)11-16(26)22(25)23(21)24(17,6)7/h9,11,14,17-18,21-23H,10,12H2,1-8H3/t17-,18-,21+,22-,23+,25-/m1/s1. The first kappa shape index (κ1) is 22.8. The molecule has 0 aromatic carbocycles. The van der Waals surface area contributed by atoms with Gasteiger partial charge in [-0.15, -0.1) is 0 Å². The van der Waals surface area contributed by atoms with Crippen molar-refractivity contribution in [2.45, 2.75) is 80.4 Å². The average Bonchev–Trinajstić information content (AvgIpc) is 2.66. The Morgan fingerprint density at radius 2 is 1.77 bits per heavy atom. The molecule has 4 aliphatic rings. The first-order valence-corrected chi connectivity index (χ1v) is 11.1. The molecule has 0 saturated heterocycles. The number of carbonyl (C=O) groups is 3. The van der Waals surface area contributed by atoms with Crippen LogP contribution in [0.25, 0.3) is 0 Å². The molecule has 4 bridgehead atoms. The summed E-state index contributed by atoms with van der Waals surface area (Å²) in [5.74, 6) is -0.343. The molecule has 3 saturated carbocycles. The molecule has 5 heteroatoms. The maximum atomic E-state index is 13.1. The molecule has 0 aliphatic heterocycles. The van der Waals surface area contributed by atoms with Crippen LogP contribution in [-0.4, -0.2) is 29.9 Å². The van der Waals surface area contributed by atoms with Crippen LogP contribution >= 0.6 is 0 Å². The monoisotopic (exact) mass is 416 g/mol. The van der Waals surface area contributed by atoms with Crippen LogP contribution in [0.1, 0.15) is 68.2 Å². The summed E-state index contributed by atoms with van der Waals surface area (Å²) in [6.07, 6.45) is 3.10. The normalized spacial score (nSPS) is 36.2.